The first kappa shape index (κ1) is 17.2. The summed E-state index contributed by atoms with van der Waals surface area (Å²) in [6.45, 7) is 0. The van der Waals surface area contributed by atoms with Gasteiger partial charge in [0.1, 0.15) is 17.1 Å². The maximum absolute atomic E-state index is 13.1. The van der Waals surface area contributed by atoms with E-state index in [1.807, 2.05) is 0 Å². The minimum absolute atomic E-state index is 0.0287. The topological polar surface area (TPSA) is 130 Å². The number of anilines is 2. The lowest BCUT2D eigenvalue weighted by Gasteiger charge is -2.21. The first-order valence-electron chi connectivity index (χ1n) is 8.16. The van der Waals surface area contributed by atoms with Crippen LogP contribution in [0.25, 0.3) is 0 Å². The van der Waals surface area contributed by atoms with E-state index >= 15 is 0 Å². The molecule has 0 unspecified atom stereocenters. The molecule has 1 aliphatic carbocycles. The van der Waals surface area contributed by atoms with Crippen LogP contribution in [0.15, 0.2) is 54.6 Å². The van der Waals surface area contributed by atoms with E-state index in [1.54, 1.807) is 30.3 Å². The first-order valence-corrected chi connectivity index (χ1v) is 8.16. The van der Waals surface area contributed by atoms with Crippen molar-refractivity contribution in [3.05, 3.63) is 87.0 Å². The Morgan fingerprint density at radius 1 is 0.821 bits per heavy atom. The number of fused-ring (bicyclic) bond motifs is 2. The van der Waals surface area contributed by atoms with Gasteiger partial charge in [0.15, 0.2) is 5.78 Å². The fraction of sp³-hybridized carbons (Fsp3) is 0. The van der Waals surface area contributed by atoms with Crippen LogP contribution in [-0.4, -0.2) is 26.7 Å². The molecular weight excluding hydrogens is 364 g/mol. The van der Waals surface area contributed by atoms with Crippen LogP contribution in [0.5, 0.6) is 11.5 Å². The number of hydrogen-bond donors (Lipinski definition) is 3. The Kier molecular flexibility index (Phi) is 3.82. The number of nitrogens with one attached hydrogen (secondary N) is 1. The van der Waals surface area contributed by atoms with Crippen LogP contribution in [0.2, 0.25) is 0 Å². The first-order chi connectivity index (χ1) is 13.4. The number of rotatable bonds is 3. The SMILES string of the molecule is O=C1c2cc(O)cc([N+](=O)[O-])c2C(=O)c2cc(O)cc(Nc3ccccc3)c21. The normalized spacial score (nSPS) is 12.3. The molecule has 0 spiro atoms. The Morgan fingerprint density at radius 3 is 2.04 bits per heavy atom. The predicted molar refractivity (Wildman–Crippen MR) is 99.5 cm³/mol. The smallest absolute Gasteiger partial charge is 0.285 e. The zero-order chi connectivity index (χ0) is 20.0. The van der Waals surface area contributed by atoms with Crippen molar-refractivity contribution in [1.29, 1.82) is 0 Å². The molecule has 3 N–H and O–H groups in total. The van der Waals surface area contributed by atoms with Crippen molar-refractivity contribution in [3.63, 3.8) is 0 Å². The largest absolute Gasteiger partial charge is 0.508 e. The van der Waals surface area contributed by atoms with Crippen molar-refractivity contribution in [1.82, 2.24) is 0 Å². The summed E-state index contributed by atoms with van der Waals surface area (Å²) >= 11 is 0. The van der Waals surface area contributed by atoms with Crippen molar-refractivity contribution in [3.8, 4) is 11.5 Å². The van der Waals surface area contributed by atoms with E-state index in [4.69, 9.17) is 0 Å². The lowest BCUT2D eigenvalue weighted by atomic mass is 9.82. The number of aromatic hydroxyl groups is 2. The van der Waals surface area contributed by atoms with Gasteiger partial charge in [-0.25, -0.2) is 0 Å². The number of phenolic OH excluding ortho intramolecular Hbond substituents is 2. The van der Waals surface area contributed by atoms with Gasteiger partial charge in [0.05, 0.1) is 22.2 Å². The molecule has 0 bridgehead atoms. The van der Waals surface area contributed by atoms with Crippen LogP contribution >= 0.6 is 0 Å². The maximum atomic E-state index is 13.1. The van der Waals surface area contributed by atoms with E-state index in [9.17, 15) is 29.9 Å². The minimum Gasteiger partial charge on any atom is -0.508 e. The van der Waals surface area contributed by atoms with E-state index in [0.717, 1.165) is 18.2 Å². The van der Waals surface area contributed by atoms with Crippen molar-refractivity contribution in [2.75, 3.05) is 5.32 Å². The molecule has 0 atom stereocenters. The molecule has 0 aliphatic heterocycles. The zero-order valence-corrected chi connectivity index (χ0v) is 14.2. The molecule has 8 heteroatoms. The fourth-order valence-electron chi connectivity index (χ4n) is 3.27. The number of para-hydroxylation sites is 1. The van der Waals surface area contributed by atoms with Gasteiger partial charge in [-0.3, -0.25) is 19.7 Å². The Morgan fingerprint density at radius 2 is 1.39 bits per heavy atom. The molecule has 4 rings (SSSR count). The fourth-order valence-corrected chi connectivity index (χ4v) is 3.27. The molecule has 138 valence electrons. The third-order valence-corrected chi connectivity index (χ3v) is 4.42. The monoisotopic (exact) mass is 376 g/mol. The quantitative estimate of drug-likeness (QED) is 0.368. The van der Waals surface area contributed by atoms with Gasteiger partial charge in [-0.15, -0.1) is 0 Å². The Bertz CT molecular complexity index is 1170. The van der Waals surface area contributed by atoms with E-state index in [2.05, 4.69) is 5.32 Å². The molecule has 3 aromatic carbocycles. The van der Waals surface area contributed by atoms with E-state index in [0.29, 0.717) is 5.69 Å². The number of carbonyl (C=O) groups excluding carboxylic acids is 2. The highest BCUT2D eigenvalue weighted by molar-refractivity contribution is 6.31. The second kappa shape index (κ2) is 6.20. The molecule has 0 heterocycles. The number of hydrogen-bond acceptors (Lipinski definition) is 7. The van der Waals surface area contributed by atoms with Crippen molar-refractivity contribution in [2.45, 2.75) is 0 Å². The van der Waals surface area contributed by atoms with E-state index < -0.39 is 33.5 Å². The van der Waals surface area contributed by atoms with Crippen LogP contribution in [0.3, 0.4) is 0 Å². The second-order valence-electron chi connectivity index (χ2n) is 6.21. The summed E-state index contributed by atoms with van der Waals surface area (Å²) in [5.74, 6) is -2.21. The van der Waals surface area contributed by atoms with E-state index in [1.165, 1.54) is 6.07 Å². The molecule has 0 saturated heterocycles. The Hall–Kier alpha value is -4.20. The number of carbonyl (C=O) groups is 2. The number of nitro groups is 1. The highest BCUT2D eigenvalue weighted by Gasteiger charge is 2.38. The summed E-state index contributed by atoms with van der Waals surface area (Å²) in [4.78, 5) is 36.6. The zero-order valence-electron chi connectivity index (χ0n) is 14.2. The molecule has 3 aromatic rings. The number of nitro benzene ring substituents is 1. The lowest BCUT2D eigenvalue weighted by molar-refractivity contribution is -0.385. The van der Waals surface area contributed by atoms with Gasteiger partial charge in [0.2, 0.25) is 5.78 Å². The van der Waals surface area contributed by atoms with Crippen LogP contribution in [0, 0.1) is 10.1 Å². The molecule has 0 fully saturated rings. The molecule has 0 aromatic heterocycles. The standard InChI is InChI=1S/C20H12N2O6/c23-11-6-13-17(15(8-11)21-10-4-2-1-3-5-10)19(25)14-7-12(24)9-16(22(27)28)18(14)20(13)26/h1-9,21,23-24H. The summed E-state index contributed by atoms with van der Waals surface area (Å²) in [7, 11) is 0. The number of ketones is 2. The highest BCUT2D eigenvalue weighted by Crippen LogP contribution is 2.40. The van der Waals surface area contributed by atoms with Crippen LogP contribution in [0.1, 0.15) is 31.8 Å². The number of benzene rings is 3. The summed E-state index contributed by atoms with van der Waals surface area (Å²) in [5, 5.41) is 34.2. The van der Waals surface area contributed by atoms with Gasteiger partial charge in [-0.05, 0) is 24.3 Å². The molecular formula is C20H12N2O6. The predicted octanol–water partition coefficient (Wildman–Crippen LogP) is 3.53. The van der Waals surface area contributed by atoms with Gasteiger partial charge in [-0.2, -0.15) is 0 Å². The summed E-state index contributed by atoms with van der Waals surface area (Å²) in [6.07, 6.45) is 0. The summed E-state index contributed by atoms with van der Waals surface area (Å²) in [5.41, 5.74) is -0.717. The molecule has 28 heavy (non-hydrogen) atoms. The van der Waals surface area contributed by atoms with Crippen molar-refractivity contribution in [2.24, 2.45) is 0 Å². The maximum Gasteiger partial charge on any atom is 0.285 e. The number of phenols is 2. The highest BCUT2D eigenvalue weighted by atomic mass is 16.6. The molecule has 8 nitrogen and oxygen atoms in total. The van der Waals surface area contributed by atoms with Gasteiger partial charge in [0, 0.05) is 22.9 Å². The van der Waals surface area contributed by atoms with E-state index in [-0.39, 0.29) is 28.1 Å². The summed E-state index contributed by atoms with van der Waals surface area (Å²) < 4.78 is 0. The van der Waals surface area contributed by atoms with Crippen molar-refractivity contribution < 1.29 is 24.7 Å². The average molecular weight is 376 g/mol. The third kappa shape index (κ3) is 2.64. The second-order valence-corrected chi connectivity index (χ2v) is 6.21. The van der Waals surface area contributed by atoms with Gasteiger partial charge in [-0.1, -0.05) is 18.2 Å². The molecule has 0 radical (unpaired) electrons. The van der Waals surface area contributed by atoms with Gasteiger partial charge >= 0.3 is 0 Å². The Labute approximate surface area is 157 Å². The van der Waals surface area contributed by atoms with Gasteiger partial charge in [0.25, 0.3) is 5.69 Å². The molecule has 1 aliphatic rings. The van der Waals surface area contributed by atoms with Crippen LogP contribution < -0.4 is 5.32 Å². The third-order valence-electron chi connectivity index (χ3n) is 4.42. The molecule has 0 amide bonds. The van der Waals surface area contributed by atoms with Crippen LogP contribution in [0.4, 0.5) is 17.1 Å². The average Bonchev–Trinajstić information content (AvgIpc) is 2.65. The lowest BCUT2D eigenvalue weighted by Crippen LogP contribution is -2.23. The van der Waals surface area contributed by atoms with Gasteiger partial charge < -0.3 is 15.5 Å². The minimum atomic E-state index is -0.833. The summed E-state index contributed by atoms with van der Waals surface area (Å²) in [6, 6.07) is 13.0. The number of nitrogens with zero attached hydrogens (tertiary/aromatic N) is 1. The molecule has 0 saturated carbocycles. The van der Waals surface area contributed by atoms with Crippen LogP contribution in [-0.2, 0) is 0 Å². The Balaban J connectivity index is 1.96. The van der Waals surface area contributed by atoms with Crippen molar-refractivity contribution >= 4 is 28.6 Å².